The van der Waals surface area contributed by atoms with Crippen LogP contribution in [0.2, 0.25) is 0 Å². The molecule has 0 aromatic heterocycles. The van der Waals surface area contributed by atoms with Gasteiger partial charge in [-0.05, 0) is 58.8 Å². The van der Waals surface area contributed by atoms with Crippen molar-refractivity contribution in [2.75, 3.05) is 6.61 Å². The second-order valence-electron chi connectivity index (χ2n) is 21.3. The molecule has 15 N–H and O–H groups in total. The summed E-state index contributed by atoms with van der Waals surface area (Å²) in [6.07, 6.45) is -1.36. The number of aliphatic carboxylic acids is 1. The topological polar surface area (TPSA) is 387 Å². The molecule has 23 atom stereocenters. The number of nitrogens with two attached hydrogens (primary N) is 1. The number of aliphatic hydroxyl groups is 11. The Bertz CT molecular complexity index is 2020. The summed E-state index contributed by atoms with van der Waals surface area (Å²) in [6.45, 7) is 7.24. The number of cyclic esters (lactones) is 1. The van der Waals surface area contributed by atoms with Crippen molar-refractivity contribution in [1.29, 1.82) is 0 Å². The molecule has 2 bridgehead atoms. The number of fused-ring (bicyclic) bond motifs is 2. The van der Waals surface area contributed by atoms with Gasteiger partial charge in [-0.3, -0.25) is 14.4 Å². The SMILES string of the molecule is CC(=O)N[C@H]1[C@H](O[C@H]2[C@H](N)[C@H](O)[C@H](OC3/C=C/C=C/C=C/C=C/CC/C=C/C=C/C(C)C(O)C(C)C(C)OC(=O)CC(O)CC(O)CC(O)CCCC(O)CC4(O)CC(O)C(C(=O)O)C(C3)O4)O[C@@H]2C)O[C@H](CO)[C@@H](O)[C@@H]1O. The van der Waals surface area contributed by atoms with Crippen molar-refractivity contribution < 1.29 is 104 Å². The molecule has 0 radical (unpaired) electrons. The lowest BCUT2D eigenvalue weighted by Crippen LogP contribution is -2.68. The maximum atomic E-state index is 12.7. The van der Waals surface area contributed by atoms with Crippen molar-refractivity contribution in [2.24, 2.45) is 23.5 Å². The van der Waals surface area contributed by atoms with Crippen LogP contribution in [0.15, 0.2) is 72.9 Å². The van der Waals surface area contributed by atoms with E-state index in [0.717, 1.165) is 12.8 Å². The first kappa shape index (κ1) is 66.7. The number of ether oxygens (including phenoxy) is 6. The molecule has 3 fully saturated rings. The van der Waals surface area contributed by atoms with E-state index in [4.69, 9.17) is 34.2 Å². The highest BCUT2D eigenvalue weighted by Crippen LogP contribution is 2.38. The first-order valence-corrected chi connectivity index (χ1v) is 27.0. The van der Waals surface area contributed by atoms with Crippen LogP contribution < -0.4 is 11.1 Å². The van der Waals surface area contributed by atoms with Crippen molar-refractivity contribution in [3.05, 3.63) is 72.9 Å². The van der Waals surface area contributed by atoms with Crippen LogP contribution in [0.1, 0.15) is 105 Å². The summed E-state index contributed by atoms with van der Waals surface area (Å²) in [5, 5.41) is 132. The van der Waals surface area contributed by atoms with Gasteiger partial charge in [0.15, 0.2) is 18.4 Å². The fraction of sp³-hybridized carbons (Fsp3) is 0.727. The first-order valence-electron chi connectivity index (χ1n) is 27.0. The van der Waals surface area contributed by atoms with Crippen LogP contribution in [0, 0.1) is 17.8 Å². The summed E-state index contributed by atoms with van der Waals surface area (Å²) < 4.78 is 35.7. The molecule has 0 saturated carbocycles. The molecule has 23 heteroatoms. The van der Waals surface area contributed by atoms with Crippen LogP contribution in [-0.4, -0.2) is 208 Å². The van der Waals surface area contributed by atoms with E-state index in [0.29, 0.717) is 0 Å². The van der Waals surface area contributed by atoms with Gasteiger partial charge in [-0.15, -0.1) is 0 Å². The number of rotatable bonds is 7. The molecule has 4 rings (SSSR count). The van der Waals surface area contributed by atoms with E-state index in [1.807, 2.05) is 43.4 Å². The van der Waals surface area contributed by atoms with Gasteiger partial charge in [0.1, 0.15) is 48.6 Å². The molecule has 0 spiro atoms. The predicted octanol–water partition coefficient (Wildman–Crippen LogP) is -0.0671. The maximum absolute atomic E-state index is 12.7. The van der Waals surface area contributed by atoms with Gasteiger partial charge in [-0.25, -0.2) is 0 Å². The minimum absolute atomic E-state index is 0.00422. The Balaban J connectivity index is 1.56. The lowest BCUT2D eigenvalue weighted by Gasteiger charge is -2.47. The van der Waals surface area contributed by atoms with E-state index in [-0.39, 0.29) is 44.4 Å². The normalized spacial score (nSPS) is 44.6. The standard InChI is InChI=1S/C55H88N2O21/c1-30-19-16-14-12-10-8-6-7-9-11-13-15-17-22-39(75-54-49(68)45(56)51(33(4)74-54)77-53-46(57-34(5)59)50(69)48(67)42(29-58)76-53)26-41-44(52(70)71)40(64)28-55(72,78-41)27-36(61)21-18-20-35(60)23-37(62)24-38(63)25-43(65)73-32(3)31(2)47(30)66/h6-7,9,11-17,19,22,30-33,35-42,44-51,53-54,58,60-64,66-69,72H,8,10,18,20-21,23-29,56H2,1-5H3,(H,57,59)(H,70,71)/b7-6+,11-9+,14-12+,15-13+,19-16+,22-17+/t30?,31?,32?,33-,35?,36?,37?,38?,39?,40?,41?,42-,44?,45-,46-,47?,48-,49+,50-,51-,53+,54+,55?/m1/s1. The molecule has 0 aromatic carbocycles. The predicted molar refractivity (Wildman–Crippen MR) is 280 cm³/mol. The molecule has 0 aliphatic carbocycles. The third kappa shape index (κ3) is 20.9. The third-order valence-corrected chi connectivity index (χ3v) is 14.6. The van der Waals surface area contributed by atoms with Gasteiger partial charge in [0.25, 0.3) is 0 Å². The number of amides is 1. The van der Waals surface area contributed by atoms with Crippen LogP contribution in [0.25, 0.3) is 0 Å². The molecule has 13 unspecified atom stereocenters. The number of carboxylic acid groups (broad SMARTS) is 1. The molecule has 4 heterocycles. The van der Waals surface area contributed by atoms with E-state index in [9.17, 15) is 75.7 Å². The Hall–Kier alpha value is -3.83. The zero-order valence-electron chi connectivity index (χ0n) is 45.2. The van der Waals surface area contributed by atoms with Gasteiger partial charge in [0.2, 0.25) is 5.91 Å². The average Bonchev–Trinajstić information content (AvgIpc) is 3.39. The summed E-state index contributed by atoms with van der Waals surface area (Å²) in [4.78, 5) is 37.5. The highest BCUT2D eigenvalue weighted by molar-refractivity contribution is 5.73. The highest BCUT2D eigenvalue weighted by atomic mass is 16.7. The van der Waals surface area contributed by atoms with E-state index < -0.39 is 178 Å². The number of nitrogens with one attached hydrogen (secondary N) is 1. The first-order chi connectivity index (χ1) is 36.8. The Morgan fingerprint density at radius 3 is 1.99 bits per heavy atom. The van der Waals surface area contributed by atoms with Crippen molar-refractivity contribution in [3.8, 4) is 0 Å². The fourth-order valence-corrected chi connectivity index (χ4v) is 10.1. The van der Waals surface area contributed by atoms with Gasteiger partial charge in [-0.1, -0.05) is 86.8 Å². The van der Waals surface area contributed by atoms with E-state index in [1.165, 1.54) is 19.9 Å². The molecule has 3 saturated heterocycles. The second-order valence-corrected chi connectivity index (χ2v) is 21.3. The zero-order valence-corrected chi connectivity index (χ0v) is 45.2. The summed E-state index contributed by atoms with van der Waals surface area (Å²) in [6, 6.07) is -2.64. The van der Waals surface area contributed by atoms with Gasteiger partial charge < -0.3 is 101 Å². The summed E-state index contributed by atoms with van der Waals surface area (Å²) >= 11 is 0. The number of allylic oxidation sites excluding steroid dienone is 10. The number of esters is 1. The summed E-state index contributed by atoms with van der Waals surface area (Å²) in [5.74, 6) is -7.36. The average molecular weight is 1110 g/mol. The Morgan fingerprint density at radius 1 is 0.718 bits per heavy atom. The monoisotopic (exact) mass is 1110 g/mol. The number of carboxylic acids is 1. The van der Waals surface area contributed by atoms with Crippen molar-refractivity contribution in [3.63, 3.8) is 0 Å². The molecule has 4 aliphatic heterocycles. The van der Waals surface area contributed by atoms with Gasteiger partial charge in [-0.2, -0.15) is 0 Å². The highest BCUT2D eigenvalue weighted by Gasteiger charge is 2.52. The van der Waals surface area contributed by atoms with Crippen LogP contribution in [-0.2, 0) is 42.8 Å². The van der Waals surface area contributed by atoms with Crippen molar-refractivity contribution in [1.82, 2.24) is 5.32 Å². The van der Waals surface area contributed by atoms with Crippen LogP contribution >= 0.6 is 0 Å². The summed E-state index contributed by atoms with van der Waals surface area (Å²) in [7, 11) is 0. The summed E-state index contributed by atoms with van der Waals surface area (Å²) in [5.41, 5.74) is 6.54. The van der Waals surface area contributed by atoms with E-state index in [2.05, 4.69) is 5.32 Å². The minimum atomic E-state index is -2.26. The molecule has 4 aliphatic rings. The van der Waals surface area contributed by atoms with Crippen LogP contribution in [0.4, 0.5) is 0 Å². The lowest BCUT2D eigenvalue weighted by molar-refractivity contribution is -0.331. The van der Waals surface area contributed by atoms with E-state index >= 15 is 0 Å². The second kappa shape index (κ2) is 32.6. The van der Waals surface area contributed by atoms with Gasteiger partial charge >= 0.3 is 11.9 Å². The molecular weight excluding hydrogens is 1020 g/mol. The maximum Gasteiger partial charge on any atom is 0.311 e. The van der Waals surface area contributed by atoms with Crippen molar-refractivity contribution >= 4 is 17.8 Å². The Kier molecular flexibility index (Phi) is 27.8. The zero-order chi connectivity index (χ0) is 57.9. The van der Waals surface area contributed by atoms with Gasteiger partial charge in [0.05, 0.1) is 74.0 Å². The third-order valence-electron chi connectivity index (χ3n) is 14.6. The molecule has 0 aromatic rings. The number of carbonyl (C=O) groups is 3. The molecule has 1 amide bonds. The minimum Gasteiger partial charge on any atom is -0.481 e. The Labute approximate surface area is 456 Å². The van der Waals surface area contributed by atoms with Crippen LogP contribution in [0.5, 0.6) is 0 Å². The van der Waals surface area contributed by atoms with E-state index in [1.54, 1.807) is 44.2 Å². The molecular formula is C55H88N2O21. The fourth-order valence-electron chi connectivity index (χ4n) is 10.1. The molecule has 23 nitrogen and oxygen atoms in total. The van der Waals surface area contributed by atoms with Crippen LogP contribution in [0.3, 0.4) is 0 Å². The Morgan fingerprint density at radius 2 is 1.33 bits per heavy atom. The number of aliphatic hydroxyl groups excluding tert-OH is 10. The number of carbonyl (C=O) groups excluding carboxylic acids is 2. The number of hydrogen-bond acceptors (Lipinski definition) is 21. The smallest absolute Gasteiger partial charge is 0.311 e. The van der Waals surface area contributed by atoms with Crippen molar-refractivity contribution in [2.45, 2.75) is 227 Å². The quantitative estimate of drug-likeness (QED) is 0.148. The molecule has 78 heavy (non-hydrogen) atoms. The lowest BCUT2D eigenvalue weighted by atomic mass is 9.83. The molecule has 444 valence electrons. The number of hydrogen-bond donors (Lipinski definition) is 14. The van der Waals surface area contributed by atoms with Gasteiger partial charge in [0, 0.05) is 38.0 Å². The largest absolute Gasteiger partial charge is 0.481 e.